The van der Waals surface area contributed by atoms with E-state index in [1.807, 2.05) is 0 Å². The van der Waals surface area contributed by atoms with Crippen molar-refractivity contribution in [2.24, 2.45) is 5.73 Å². The zero-order chi connectivity index (χ0) is 14.9. The van der Waals surface area contributed by atoms with Crippen LogP contribution in [0.1, 0.15) is 22.7 Å². The van der Waals surface area contributed by atoms with E-state index in [1.165, 1.54) is 6.07 Å². The topological polar surface area (TPSA) is 26.0 Å². The third kappa shape index (κ3) is 3.34. The van der Waals surface area contributed by atoms with E-state index in [4.69, 9.17) is 17.3 Å². The van der Waals surface area contributed by atoms with Gasteiger partial charge in [-0.25, -0.2) is 0 Å². The van der Waals surface area contributed by atoms with E-state index in [2.05, 4.69) is 15.9 Å². The Morgan fingerprint density at radius 1 is 1.10 bits per heavy atom. The summed E-state index contributed by atoms with van der Waals surface area (Å²) < 4.78 is 38.8. The number of hydrogen-bond acceptors (Lipinski definition) is 1. The standard InChI is InChI=1S/C14H10BrClF3N/c15-12-5-4-9(14(17,18)19)7-11(12)13(20)8-2-1-3-10(16)6-8/h1-7,13H,20H2. The van der Waals surface area contributed by atoms with Crippen molar-refractivity contribution in [3.63, 3.8) is 0 Å². The zero-order valence-electron chi connectivity index (χ0n) is 10.1. The van der Waals surface area contributed by atoms with Gasteiger partial charge in [0.25, 0.3) is 0 Å². The van der Waals surface area contributed by atoms with Crippen LogP contribution in [0.15, 0.2) is 46.9 Å². The summed E-state index contributed by atoms with van der Waals surface area (Å²) in [4.78, 5) is 0. The van der Waals surface area contributed by atoms with E-state index in [9.17, 15) is 13.2 Å². The van der Waals surface area contributed by atoms with Crippen molar-refractivity contribution in [3.8, 4) is 0 Å². The van der Waals surface area contributed by atoms with Gasteiger partial charge in [0.1, 0.15) is 0 Å². The minimum atomic E-state index is -4.40. The summed E-state index contributed by atoms with van der Waals surface area (Å²) in [6.07, 6.45) is -4.40. The third-order valence-electron chi connectivity index (χ3n) is 2.87. The van der Waals surface area contributed by atoms with Crippen LogP contribution in [0.5, 0.6) is 0 Å². The lowest BCUT2D eigenvalue weighted by molar-refractivity contribution is -0.137. The Labute approximate surface area is 127 Å². The molecule has 0 aliphatic carbocycles. The maximum atomic E-state index is 12.8. The second-order valence-corrected chi connectivity index (χ2v) is 5.56. The first-order chi connectivity index (χ1) is 9.29. The predicted octanol–water partition coefficient (Wildman–Crippen LogP) is 5.17. The van der Waals surface area contributed by atoms with E-state index in [0.717, 1.165) is 12.1 Å². The number of rotatable bonds is 2. The summed E-state index contributed by atoms with van der Waals surface area (Å²) >= 11 is 9.11. The van der Waals surface area contributed by atoms with Gasteiger partial charge in [-0.2, -0.15) is 13.2 Å². The predicted molar refractivity (Wildman–Crippen MR) is 76.6 cm³/mol. The minimum Gasteiger partial charge on any atom is -0.320 e. The maximum Gasteiger partial charge on any atom is 0.416 e. The molecule has 0 radical (unpaired) electrons. The van der Waals surface area contributed by atoms with Crippen LogP contribution in [0.3, 0.4) is 0 Å². The molecule has 0 spiro atoms. The van der Waals surface area contributed by atoms with Crippen molar-refractivity contribution < 1.29 is 13.2 Å². The fraction of sp³-hybridized carbons (Fsp3) is 0.143. The molecular formula is C14H10BrClF3N. The van der Waals surface area contributed by atoms with E-state index < -0.39 is 17.8 Å². The second kappa shape index (κ2) is 5.76. The lowest BCUT2D eigenvalue weighted by Gasteiger charge is -2.17. The molecule has 1 nitrogen and oxygen atoms in total. The number of halogens is 5. The SMILES string of the molecule is NC(c1cccc(Cl)c1)c1cc(C(F)(F)F)ccc1Br. The first-order valence-electron chi connectivity index (χ1n) is 5.66. The fourth-order valence-corrected chi connectivity index (χ4v) is 2.53. The Morgan fingerprint density at radius 3 is 2.40 bits per heavy atom. The summed E-state index contributed by atoms with van der Waals surface area (Å²) in [5, 5.41) is 0.487. The van der Waals surface area contributed by atoms with Gasteiger partial charge in [0.05, 0.1) is 11.6 Å². The van der Waals surface area contributed by atoms with Gasteiger partial charge in [-0.15, -0.1) is 0 Å². The molecule has 6 heteroatoms. The van der Waals surface area contributed by atoms with Crippen LogP contribution in [0.4, 0.5) is 13.2 Å². The highest BCUT2D eigenvalue weighted by atomic mass is 79.9. The lowest BCUT2D eigenvalue weighted by atomic mass is 9.98. The highest BCUT2D eigenvalue weighted by Gasteiger charge is 2.31. The lowest BCUT2D eigenvalue weighted by Crippen LogP contribution is -2.14. The van der Waals surface area contributed by atoms with Gasteiger partial charge in [-0.05, 0) is 41.5 Å². The summed E-state index contributed by atoms with van der Waals surface area (Å²) in [7, 11) is 0. The van der Waals surface area contributed by atoms with E-state index in [0.29, 0.717) is 20.6 Å². The van der Waals surface area contributed by atoms with Gasteiger partial charge in [0.15, 0.2) is 0 Å². The fourth-order valence-electron chi connectivity index (χ4n) is 1.84. The molecule has 2 aromatic rings. The highest BCUT2D eigenvalue weighted by molar-refractivity contribution is 9.10. The molecule has 0 aliphatic heterocycles. The third-order valence-corrected chi connectivity index (χ3v) is 3.82. The normalized spacial score (nSPS) is 13.3. The van der Waals surface area contributed by atoms with Crippen molar-refractivity contribution in [1.82, 2.24) is 0 Å². The molecular weight excluding hydrogens is 355 g/mol. The average molecular weight is 365 g/mol. The molecule has 2 aromatic carbocycles. The number of alkyl halides is 3. The highest BCUT2D eigenvalue weighted by Crippen LogP contribution is 2.35. The molecule has 1 atom stereocenters. The van der Waals surface area contributed by atoms with Gasteiger partial charge >= 0.3 is 6.18 Å². The molecule has 0 saturated carbocycles. The number of nitrogens with two attached hydrogens (primary N) is 1. The van der Waals surface area contributed by atoms with Crippen molar-refractivity contribution in [1.29, 1.82) is 0 Å². The van der Waals surface area contributed by atoms with Crippen LogP contribution in [-0.4, -0.2) is 0 Å². The Kier molecular flexibility index (Phi) is 4.42. The number of hydrogen-bond donors (Lipinski definition) is 1. The number of benzene rings is 2. The first-order valence-corrected chi connectivity index (χ1v) is 6.84. The van der Waals surface area contributed by atoms with Crippen molar-refractivity contribution in [2.75, 3.05) is 0 Å². The quantitative estimate of drug-likeness (QED) is 0.782. The zero-order valence-corrected chi connectivity index (χ0v) is 12.4. The van der Waals surface area contributed by atoms with Gasteiger partial charge in [-0.1, -0.05) is 39.7 Å². The van der Waals surface area contributed by atoms with Gasteiger partial charge in [0.2, 0.25) is 0 Å². The summed E-state index contributed by atoms with van der Waals surface area (Å²) in [6, 6.07) is 9.47. The molecule has 2 N–H and O–H groups in total. The minimum absolute atomic E-state index is 0.363. The average Bonchev–Trinajstić information content (AvgIpc) is 2.37. The Morgan fingerprint density at radius 2 is 1.80 bits per heavy atom. The summed E-state index contributed by atoms with van der Waals surface area (Å²) in [5.74, 6) is 0. The maximum absolute atomic E-state index is 12.8. The Hall–Kier alpha value is -1.04. The summed E-state index contributed by atoms with van der Waals surface area (Å²) in [6.45, 7) is 0. The molecule has 20 heavy (non-hydrogen) atoms. The van der Waals surface area contributed by atoms with Crippen LogP contribution >= 0.6 is 27.5 Å². The van der Waals surface area contributed by atoms with Gasteiger partial charge < -0.3 is 5.73 Å². The van der Waals surface area contributed by atoms with Crippen molar-refractivity contribution in [3.05, 3.63) is 68.7 Å². The van der Waals surface area contributed by atoms with E-state index in [1.54, 1.807) is 24.3 Å². The molecule has 0 aromatic heterocycles. The van der Waals surface area contributed by atoms with E-state index in [-0.39, 0.29) is 0 Å². The van der Waals surface area contributed by atoms with Crippen LogP contribution in [-0.2, 0) is 6.18 Å². The first kappa shape index (κ1) is 15.4. The Bertz CT molecular complexity index is 628. The monoisotopic (exact) mass is 363 g/mol. The van der Waals surface area contributed by atoms with Gasteiger partial charge in [0, 0.05) is 9.50 Å². The molecule has 0 bridgehead atoms. The van der Waals surface area contributed by atoms with Crippen LogP contribution in [0.25, 0.3) is 0 Å². The van der Waals surface area contributed by atoms with Crippen molar-refractivity contribution in [2.45, 2.75) is 12.2 Å². The smallest absolute Gasteiger partial charge is 0.320 e. The van der Waals surface area contributed by atoms with Crippen LogP contribution in [0, 0.1) is 0 Å². The largest absolute Gasteiger partial charge is 0.416 e. The second-order valence-electron chi connectivity index (χ2n) is 4.27. The molecule has 0 saturated heterocycles. The van der Waals surface area contributed by atoms with E-state index >= 15 is 0 Å². The molecule has 2 rings (SSSR count). The van der Waals surface area contributed by atoms with Crippen molar-refractivity contribution >= 4 is 27.5 Å². The molecule has 0 heterocycles. The molecule has 1 unspecified atom stereocenters. The Balaban J connectivity index is 2.46. The molecule has 0 aliphatic rings. The summed E-state index contributed by atoms with van der Waals surface area (Å²) in [5.41, 5.74) is 6.33. The molecule has 0 fully saturated rings. The van der Waals surface area contributed by atoms with Crippen LogP contribution < -0.4 is 5.73 Å². The molecule has 106 valence electrons. The molecule has 0 amide bonds. The van der Waals surface area contributed by atoms with Crippen LogP contribution in [0.2, 0.25) is 5.02 Å². The van der Waals surface area contributed by atoms with Gasteiger partial charge in [-0.3, -0.25) is 0 Å².